The molecule has 0 N–H and O–H groups in total. The topological polar surface area (TPSA) is 118 Å². The van der Waals surface area contributed by atoms with Crippen molar-refractivity contribution in [2.75, 3.05) is 0 Å². The molecule has 6 rings (SSSR count). The molecule has 9 nitrogen and oxygen atoms in total. The van der Waals surface area contributed by atoms with Crippen LogP contribution in [0.3, 0.4) is 0 Å². The average Bonchev–Trinajstić information content (AvgIpc) is 3.12. The van der Waals surface area contributed by atoms with Gasteiger partial charge in [-0.05, 0) is 72.8 Å². The van der Waals surface area contributed by atoms with E-state index >= 15 is 0 Å². The number of hydrogen-bond acceptors (Lipinski definition) is 7. The molecule has 0 aromatic carbocycles. The minimum absolute atomic E-state index is 0. The maximum Gasteiger partial charge on any atom is 2.00 e. The predicted molar refractivity (Wildman–Crippen MR) is 176 cm³/mol. The van der Waals surface area contributed by atoms with Gasteiger partial charge < -0.3 is 10.6 Å². The Kier molecular flexibility index (Phi) is 14.5. The fourth-order valence-electron chi connectivity index (χ4n) is 4.16. The molecule has 0 aliphatic rings. The van der Waals surface area contributed by atoms with E-state index in [1.165, 1.54) is 0 Å². The molecule has 0 amide bonds. The van der Waals surface area contributed by atoms with Crippen molar-refractivity contribution >= 4 is 6.21 Å². The van der Waals surface area contributed by atoms with Gasteiger partial charge in [0.2, 0.25) is 0 Å². The van der Waals surface area contributed by atoms with Crippen molar-refractivity contribution in [1.29, 1.82) is 0 Å². The number of pyridine rings is 6. The minimum Gasteiger partial charge on any atom is -0.648 e. The Bertz CT molecular complexity index is 1620. The SMILES string of the molecule is C(=N[C@H](c1ccccn1)C([N-]Cc1ccccn1)c1ccccn1)c1ccccn1.[CH]([N-][CH]c1ccccn1)c1ccccn1.[Mo+2]. The smallest absolute Gasteiger partial charge is 0.648 e. The van der Waals surface area contributed by atoms with Gasteiger partial charge in [0.05, 0.1) is 17.4 Å². The Labute approximate surface area is 284 Å². The Morgan fingerprint density at radius 3 is 1.48 bits per heavy atom. The van der Waals surface area contributed by atoms with E-state index in [1.54, 1.807) is 56.5 Å². The van der Waals surface area contributed by atoms with E-state index in [2.05, 4.69) is 35.2 Å². The number of nitrogens with zero attached hydrogens (tertiary/aromatic N) is 9. The molecule has 2 radical (unpaired) electrons. The number of hydrogen-bond donors (Lipinski definition) is 0. The van der Waals surface area contributed by atoms with E-state index in [1.807, 2.05) is 109 Å². The van der Waals surface area contributed by atoms with Gasteiger partial charge in [-0.25, -0.2) is 0 Å². The van der Waals surface area contributed by atoms with Crippen molar-refractivity contribution in [2.24, 2.45) is 4.99 Å². The first kappa shape index (κ1) is 34.1. The zero-order valence-electron chi connectivity index (χ0n) is 24.9. The van der Waals surface area contributed by atoms with Gasteiger partial charge >= 0.3 is 21.1 Å². The molecule has 0 fully saturated rings. The molecule has 0 bridgehead atoms. The molecule has 0 saturated carbocycles. The molecular formula is C36H31MoN9. The number of rotatable bonds is 12. The van der Waals surface area contributed by atoms with Gasteiger partial charge in [-0.2, -0.15) is 0 Å². The minimum atomic E-state index is -0.341. The fourth-order valence-corrected chi connectivity index (χ4v) is 4.16. The zero-order chi connectivity index (χ0) is 30.8. The van der Waals surface area contributed by atoms with Crippen molar-refractivity contribution in [1.82, 2.24) is 29.9 Å². The predicted octanol–water partition coefficient (Wildman–Crippen LogP) is 7.31. The number of aromatic nitrogens is 6. The van der Waals surface area contributed by atoms with Crippen LogP contribution in [-0.2, 0) is 27.6 Å². The van der Waals surface area contributed by atoms with Gasteiger partial charge in [0, 0.05) is 66.2 Å². The first-order valence-electron chi connectivity index (χ1n) is 14.4. The molecule has 6 aromatic heterocycles. The van der Waals surface area contributed by atoms with Crippen LogP contribution in [0.25, 0.3) is 10.6 Å². The van der Waals surface area contributed by atoms with Gasteiger partial charge in [0.15, 0.2) is 0 Å². The summed E-state index contributed by atoms with van der Waals surface area (Å²) in [7, 11) is 0. The van der Waals surface area contributed by atoms with Crippen LogP contribution in [0.4, 0.5) is 0 Å². The Hall–Kier alpha value is -4.82. The third kappa shape index (κ3) is 11.3. The summed E-state index contributed by atoms with van der Waals surface area (Å²) in [6, 6.07) is 33.9. The summed E-state index contributed by atoms with van der Waals surface area (Å²) < 4.78 is 0. The standard InChI is InChI=1S/C24H21N6.C12H10N3.Mo/c1-5-13-25-19(9-1)17-29-23(21-11-3-7-15-27-21)24(22-12-4-8-16-28-22)30-18-20-10-2-6-14-26-20;1-3-7-14-11(5-1)9-13-10-12-6-2-4-8-15-12;/h1-17,23-24H,18H2;1-10H;/q2*-1;+2/t23-,24?;;/m1../s1. The maximum atomic E-state index is 4.95. The van der Waals surface area contributed by atoms with Gasteiger partial charge in [-0.1, -0.05) is 42.4 Å². The van der Waals surface area contributed by atoms with Crippen molar-refractivity contribution in [3.63, 3.8) is 0 Å². The van der Waals surface area contributed by atoms with E-state index < -0.39 is 0 Å². The monoisotopic (exact) mass is 687 g/mol. The summed E-state index contributed by atoms with van der Waals surface area (Å²) in [5.74, 6) is 0. The van der Waals surface area contributed by atoms with E-state index in [9.17, 15) is 0 Å². The molecule has 0 aliphatic heterocycles. The number of aliphatic imine (C=N–C) groups is 1. The molecule has 0 spiro atoms. The molecule has 6 heterocycles. The molecular weight excluding hydrogens is 654 g/mol. The van der Waals surface area contributed by atoms with Gasteiger partial charge in [-0.3, -0.25) is 34.9 Å². The second-order valence-corrected chi connectivity index (χ2v) is 9.51. The van der Waals surface area contributed by atoms with Gasteiger partial charge in [-0.15, -0.1) is 19.6 Å². The first-order valence-corrected chi connectivity index (χ1v) is 14.4. The Balaban J connectivity index is 0.000000253. The van der Waals surface area contributed by atoms with Crippen molar-refractivity contribution in [3.05, 3.63) is 204 Å². The van der Waals surface area contributed by atoms with Crippen LogP contribution < -0.4 is 0 Å². The summed E-state index contributed by atoms with van der Waals surface area (Å²) in [6.45, 7) is 3.87. The largest absolute Gasteiger partial charge is 2.00 e. The third-order valence-corrected chi connectivity index (χ3v) is 6.30. The normalized spacial score (nSPS) is 11.9. The third-order valence-electron chi connectivity index (χ3n) is 6.30. The van der Waals surface area contributed by atoms with Crippen molar-refractivity contribution in [3.8, 4) is 0 Å². The first-order chi connectivity index (χ1) is 22.3. The molecule has 6 aromatic rings. The van der Waals surface area contributed by atoms with Crippen LogP contribution in [0.1, 0.15) is 46.2 Å². The molecule has 46 heavy (non-hydrogen) atoms. The van der Waals surface area contributed by atoms with E-state index in [-0.39, 0.29) is 33.1 Å². The van der Waals surface area contributed by atoms with Crippen LogP contribution in [0.5, 0.6) is 0 Å². The fraction of sp³-hybridized carbons (Fsp3) is 0.0833. The molecule has 226 valence electrons. The van der Waals surface area contributed by atoms with Crippen LogP contribution in [0, 0.1) is 13.1 Å². The summed E-state index contributed by atoms with van der Waals surface area (Å²) in [6.07, 6.45) is 12.3. The second kappa shape index (κ2) is 19.5. The zero-order valence-corrected chi connectivity index (χ0v) is 26.9. The molecule has 10 heteroatoms. The summed E-state index contributed by atoms with van der Waals surface area (Å²) >= 11 is 0. The van der Waals surface area contributed by atoms with E-state index in [0.717, 1.165) is 34.2 Å². The quantitative estimate of drug-likeness (QED) is 0.0985. The molecule has 2 atom stereocenters. The van der Waals surface area contributed by atoms with E-state index in [0.29, 0.717) is 6.54 Å². The Morgan fingerprint density at radius 1 is 0.522 bits per heavy atom. The second-order valence-electron chi connectivity index (χ2n) is 9.51. The maximum absolute atomic E-state index is 4.95. The van der Waals surface area contributed by atoms with Crippen LogP contribution >= 0.6 is 0 Å². The van der Waals surface area contributed by atoms with Crippen LogP contribution in [0.2, 0.25) is 0 Å². The molecule has 1 unspecified atom stereocenters. The molecule has 0 saturated heterocycles. The Morgan fingerprint density at radius 2 is 1.00 bits per heavy atom. The van der Waals surface area contributed by atoms with E-state index in [4.69, 9.17) is 10.3 Å². The van der Waals surface area contributed by atoms with Crippen LogP contribution in [-0.4, -0.2) is 36.1 Å². The van der Waals surface area contributed by atoms with Crippen LogP contribution in [0.15, 0.2) is 151 Å². The summed E-state index contributed by atoms with van der Waals surface area (Å²) in [4.78, 5) is 30.9. The van der Waals surface area contributed by atoms with Gasteiger partial charge in [0.1, 0.15) is 0 Å². The summed E-state index contributed by atoms with van der Waals surface area (Å²) in [5, 5.41) is 9.09. The molecule has 0 aliphatic carbocycles. The van der Waals surface area contributed by atoms with Crippen molar-refractivity contribution in [2.45, 2.75) is 18.6 Å². The van der Waals surface area contributed by atoms with Crippen molar-refractivity contribution < 1.29 is 21.1 Å². The van der Waals surface area contributed by atoms with Gasteiger partial charge in [0.25, 0.3) is 0 Å². The summed E-state index contributed by atoms with van der Waals surface area (Å²) in [5.41, 5.74) is 5.01. The average molecular weight is 686 g/mol.